The lowest BCUT2D eigenvalue weighted by Gasteiger charge is -2.38. The van der Waals surface area contributed by atoms with Gasteiger partial charge in [-0.15, -0.1) is 0 Å². The third-order valence-electron chi connectivity index (χ3n) is 7.14. The van der Waals surface area contributed by atoms with Crippen molar-refractivity contribution >= 4 is 22.8 Å². The Kier molecular flexibility index (Phi) is 7.48. The minimum absolute atomic E-state index is 0.0760. The Morgan fingerprint density at radius 2 is 1.69 bits per heavy atom. The molecule has 1 heterocycles. The summed E-state index contributed by atoms with van der Waals surface area (Å²) in [6, 6.07) is 24.4. The van der Waals surface area contributed by atoms with Crippen molar-refractivity contribution in [1.29, 1.82) is 0 Å². The number of carbonyl (C=O) groups is 2. The van der Waals surface area contributed by atoms with Crippen LogP contribution in [0.3, 0.4) is 0 Å². The number of hydrogen-bond acceptors (Lipinski definition) is 3. The minimum Gasteiger partial charge on any atom is -0.441 e. The molecular formula is C31H36N2O3. The molecule has 5 nitrogen and oxygen atoms in total. The highest BCUT2D eigenvalue weighted by molar-refractivity contribution is 5.87. The fourth-order valence-electron chi connectivity index (χ4n) is 5.18. The van der Waals surface area contributed by atoms with Crippen LogP contribution in [0.25, 0.3) is 10.8 Å². The van der Waals surface area contributed by atoms with E-state index in [-0.39, 0.29) is 23.8 Å². The number of amides is 2. The number of hydrogen-bond donors (Lipinski definition) is 0. The molecule has 4 rings (SSSR count). The average molecular weight is 485 g/mol. The largest absolute Gasteiger partial charge is 0.441 e. The van der Waals surface area contributed by atoms with Gasteiger partial charge in [0, 0.05) is 42.6 Å². The molecule has 1 saturated heterocycles. The van der Waals surface area contributed by atoms with Gasteiger partial charge in [-0.05, 0) is 50.1 Å². The molecule has 1 aliphatic heterocycles. The molecular weight excluding hydrogens is 448 g/mol. The lowest BCUT2D eigenvalue weighted by atomic mass is 9.88. The molecule has 0 radical (unpaired) electrons. The Balaban J connectivity index is 1.57. The fraction of sp³-hybridized carbons (Fsp3) is 0.355. The monoisotopic (exact) mass is 484 g/mol. The zero-order valence-electron chi connectivity index (χ0n) is 21.7. The highest BCUT2D eigenvalue weighted by Crippen LogP contribution is 2.35. The third kappa shape index (κ3) is 5.46. The summed E-state index contributed by atoms with van der Waals surface area (Å²) in [6.07, 6.45) is 0.621. The van der Waals surface area contributed by atoms with Crippen LogP contribution in [0, 0.1) is 5.92 Å². The smallest absolute Gasteiger partial charge is 0.410 e. The van der Waals surface area contributed by atoms with Crippen LogP contribution in [-0.2, 0) is 9.53 Å². The number of fused-ring (bicyclic) bond motifs is 1. The van der Waals surface area contributed by atoms with Crippen LogP contribution in [0.5, 0.6) is 0 Å². The first-order chi connectivity index (χ1) is 17.2. The van der Waals surface area contributed by atoms with Crippen molar-refractivity contribution in [3.63, 3.8) is 0 Å². The molecule has 0 aromatic heterocycles. The highest BCUT2D eigenvalue weighted by atomic mass is 16.6. The third-order valence-corrected chi connectivity index (χ3v) is 7.14. The van der Waals surface area contributed by atoms with Crippen molar-refractivity contribution < 1.29 is 14.3 Å². The summed E-state index contributed by atoms with van der Waals surface area (Å²) in [5, 5.41) is 2.20. The maximum Gasteiger partial charge on any atom is 0.410 e. The van der Waals surface area contributed by atoms with E-state index in [0.29, 0.717) is 19.6 Å². The lowest BCUT2D eigenvalue weighted by molar-refractivity contribution is -0.125. The summed E-state index contributed by atoms with van der Waals surface area (Å²) >= 11 is 0. The van der Waals surface area contributed by atoms with Crippen LogP contribution in [0.2, 0.25) is 0 Å². The van der Waals surface area contributed by atoms with E-state index in [9.17, 15) is 9.59 Å². The Labute approximate surface area is 214 Å². The van der Waals surface area contributed by atoms with Crippen molar-refractivity contribution in [2.45, 2.75) is 45.3 Å². The number of rotatable bonds is 6. The van der Waals surface area contributed by atoms with Gasteiger partial charge < -0.3 is 14.5 Å². The first-order valence-corrected chi connectivity index (χ1v) is 12.6. The number of likely N-dealkylation sites (tertiary alicyclic amines) is 1. The summed E-state index contributed by atoms with van der Waals surface area (Å²) in [7, 11) is 0. The number of carbonyl (C=O) groups excluding carboxylic acids is 2. The normalized spacial score (nSPS) is 18.6. The second-order valence-electron chi connectivity index (χ2n) is 10.6. The Bertz CT molecular complexity index is 1230. The first-order valence-electron chi connectivity index (χ1n) is 12.6. The van der Waals surface area contributed by atoms with E-state index in [4.69, 9.17) is 4.74 Å². The van der Waals surface area contributed by atoms with Crippen LogP contribution in [-0.4, -0.2) is 47.0 Å². The average Bonchev–Trinajstić information content (AvgIpc) is 3.30. The van der Waals surface area contributed by atoms with E-state index in [0.717, 1.165) is 16.3 Å². The molecule has 36 heavy (non-hydrogen) atoms. The van der Waals surface area contributed by atoms with Gasteiger partial charge >= 0.3 is 6.09 Å². The summed E-state index contributed by atoms with van der Waals surface area (Å²) in [4.78, 5) is 29.7. The van der Waals surface area contributed by atoms with E-state index in [1.54, 1.807) is 0 Å². The van der Waals surface area contributed by atoms with Crippen LogP contribution in [0.1, 0.15) is 50.8 Å². The van der Waals surface area contributed by atoms with Gasteiger partial charge in [-0.1, -0.05) is 79.4 Å². The quantitative estimate of drug-likeness (QED) is 0.372. The molecule has 0 unspecified atom stereocenters. The van der Waals surface area contributed by atoms with Crippen molar-refractivity contribution in [3.05, 3.63) is 96.6 Å². The van der Waals surface area contributed by atoms with Crippen LogP contribution >= 0.6 is 0 Å². The van der Waals surface area contributed by atoms with Gasteiger partial charge in [0.05, 0.1) is 0 Å². The van der Waals surface area contributed by atoms with E-state index in [1.165, 1.54) is 11.6 Å². The van der Waals surface area contributed by atoms with Gasteiger partial charge in [-0.3, -0.25) is 4.79 Å². The predicted octanol–water partition coefficient (Wildman–Crippen LogP) is 6.57. The maximum absolute atomic E-state index is 13.6. The number of ether oxygens (including phenoxy) is 1. The maximum atomic E-state index is 13.6. The standard InChI is InChI=1S/C31H36N2O3/c1-6-29(34)32-19-25(28(21-32)24-13-8-7-9-14-24)20-33(31(3,4)5)30(35)36-22(2)26-18-12-16-23-15-10-11-17-27(23)26/h6-18,22,25,28H,1,19-21H2,2-5H3/t22-,25-,28-/m1/s1. The van der Waals surface area contributed by atoms with E-state index < -0.39 is 11.6 Å². The highest BCUT2D eigenvalue weighted by Gasteiger charge is 2.40. The number of benzene rings is 3. The Morgan fingerprint density at radius 3 is 2.39 bits per heavy atom. The molecule has 1 fully saturated rings. The fourth-order valence-corrected chi connectivity index (χ4v) is 5.18. The topological polar surface area (TPSA) is 49.9 Å². The van der Waals surface area contributed by atoms with E-state index in [2.05, 4.69) is 36.9 Å². The zero-order chi connectivity index (χ0) is 25.9. The molecule has 3 aromatic rings. The molecule has 1 aliphatic rings. The van der Waals surface area contributed by atoms with Crippen molar-refractivity contribution in [3.8, 4) is 0 Å². The molecule has 188 valence electrons. The van der Waals surface area contributed by atoms with Gasteiger partial charge in [0.25, 0.3) is 0 Å². The molecule has 3 atom stereocenters. The van der Waals surface area contributed by atoms with Gasteiger partial charge in [-0.25, -0.2) is 4.79 Å². The molecule has 0 saturated carbocycles. The molecule has 0 bridgehead atoms. The van der Waals surface area contributed by atoms with Gasteiger partial charge in [0.15, 0.2) is 0 Å². The van der Waals surface area contributed by atoms with Gasteiger partial charge in [0.2, 0.25) is 5.91 Å². The first kappa shape index (κ1) is 25.5. The molecule has 2 amide bonds. The van der Waals surface area contributed by atoms with Crippen molar-refractivity contribution in [1.82, 2.24) is 9.80 Å². The van der Waals surface area contributed by atoms with Crippen molar-refractivity contribution in [2.75, 3.05) is 19.6 Å². The lowest BCUT2D eigenvalue weighted by Crippen LogP contribution is -2.49. The second kappa shape index (κ2) is 10.6. The van der Waals surface area contributed by atoms with Crippen LogP contribution in [0.4, 0.5) is 4.79 Å². The second-order valence-corrected chi connectivity index (χ2v) is 10.6. The minimum atomic E-state index is -0.452. The molecule has 3 aromatic carbocycles. The Morgan fingerprint density at radius 1 is 1.03 bits per heavy atom. The molecule has 0 aliphatic carbocycles. The van der Waals surface area contributed by atoms with Crippen molar-refractivity contribution in [2.24, 2.45) is 5.92 Å². The SMILES string of the molecule is C=CC(=O)N1C[C@H](CN(C(=O)O[C@H](C)c2cccc3ccccc23)C(C)(C)C)[C@@H](c2ccccc2)C1. The molecule has 0 N–H and O–H groups in total. The van der Waals surface area contributed by atoms with Crippen LogP contribution < -0.4 is 0 Å². The summed E-state index contributed by atoms with van der Waals surface area (Å²) in [6.45, 7) is 13.3. The molecule has 5 heteroatoms. The number of nitrogens with zero attached hydrogens (tertiary/aromatic N) is 2. The van der Waals surface area contributed by atoms with E-state index in [1.807, 2.05) is 80.0 Å². The summed E-state index contributed by atoms with van der Waals surface area (Å²) in [5.74, 6) is 0.132. The predicted molar refractivity (Wildman–Crippen MR) is 145 cm³/mol. The zero-order valence-corrected chi connectivity index (χ0v) is 21.7. The summed E-state index contributed by atoms with van der Waals surface area (Å²) in [5.41, 5.74) is 1.71. The van der Waals surface area contributed by atoms with Gasteiger partial charge in [0.1, 0.15) is 6.10 Å². The molecule has 0 spiro atoms. The summed E-state index contributed by atoms with van der Waals surface area (Å²) < 4.78 is 6.07. The van der Waals surface area contributed by atoms with E-state index >= 15 is 0 Å². The van der Waals surface area contributed by atoms with Crippen LogP contribution in [0.15, 0.2) is 85.5 Å². The van der Waals surface area contributed by atoms with Gasteiger partial charge in [-0.2, -0.15) is 0 Å². The Hall–Kier alpha value is -3.60.